The zero-order chi connectivity index (χ0) is 12.3. The van der Waals surface area contributed by atoms with Gasteiger partial charge in [-0.25, -0.2) is 4.79 Å². The van der Waals surface area contributed by atoms with Crippen LogP contribution in [-0.4, -0.2) is 34.7 Å². The Morgan fingerprint density at radius 3 is 2.38 bits per heavy atom. The molecule has 0 bridgehead atoms. The number of ketones is 1. The van der Waals surface area contributed by atoms with Gasteiger partial charge in [0.15, 0.2) is 0 Å². The molecule has 5 heteroatoms. The molecule has 0 spiro atoms. The first-order valence-corrected chi connectivity index (χ1v) is 5.48. The van der Waals surface area contributed by atoms with E-state index in [0.29, 0.717) is 25.8 Å². The molecule has 0 saturated carbocycles. The van der Waals surface area contributed by atoms with Crippen molar-refractivity contribution in [3.63, 3.8) is 0 Å². The molecule has 0 atom stereocenters. The lowest BCUT2D eigenvalue weighted by atomic mass is 10.1. The van der Waals surface area contributed by atoms with Crippen LogP contribution >= 0.6 is 0 Å². The number of amides is 3. The SMILES string of the molecule is CC(=O)CCCCN1C(=O)NC(C)(C)C1=O. The van der Waals surface area contributed by atoms with Crippen LogP contribution in [0.25, 0.3) is 0 Å². The van der Waals surface area contributed by atoms with Crippen LogP contribution in [0.2, 0.25) is 0 Å². The molecule has 5 nitrogen and oxygen atoms in total. The van der Waals surface area contributed by atoms with Crippen LogP contribution < -0.4 is 5.32 Å². The number of unbranched alkanes of at least 4 members (excludes halogenated alkanes) is 1. The molecule has 0 unspecified atom stereocenters. The van der Waals surface area contributed by atoms with Crippen molar-refractivity contribution in [2.24, 2.45) is 0 Å². The molecule has 0 aromatic carbocycles. The molecule has 90 valence electrons. The molecule has 1 saturated heterocycles. The second-order valence-corrected chi connectivity index (χ2v) is 4.67. The zero-order valence-electron chi connectivity index (χ0n) is 10.0. The number of Topliss-reactive ketones (excluding diaryl/α,β-unsaturated/α-hetero) is 1. The van der Waals surface area contributed by atoms with Gasteiger partial charge in [-0.3, -0.25) is 9.69 Å². The van der Waals surface area contributed by atoms with Gasteiger partial charge in [-0.05, 0) is 33.6 Å². The lowest BCUT2D eigenvalue weighted by molar-refractivity contribution is -0.130. The molecule has 0 radical (unpaired) electrons. The van der Waals surface area contributed by atoms with Crippen molar-refractivity contribution in [2.45, 2.75) is 45.6 Å². The molecule has 1 N–H and O–H groups in total. The second-order valence-electron chi connectivity index (χ2n) is 4.67. The van der Waals surface area contributed by atoms with Crippen LogP contribution in [-0.2, 0) is 9.59 Å². The summed E-state index contributed by atoms with van der Waals surface area (Å²) in [7, 11) is 0. The summed E-state index contributed by atoms with van der Waals surface area (Å²) in [5, 5.41) is 2.61. The monoisotopic (exact) mass is 226 g/mol. The number of carbonyl (C=O) groups excluding carboxylic acids is 3. The Morgan fingerprint density at radius 1 is 1.31 bits per heavy atom. The predicted molar refractivity (Wildman–Crippen MR) is 58.9 cm³/mol. The van der Waals surface area contributed by atoms with Crippen LogP contribution in [0.15, 0.2) is 0 Å². The van der Waals surface area contributed by atoms with Gasteiger partial charge in [0.05, 0.1) is 0 Å². The van der Waals surface area contributed by atoms with E-state index in [4.69, 9.17) is 0 Å². The van der Waals surface area contributed by atoms with Crippen molar-refractivity contribution < 1.29 is 14.4 Å². The van der Waals surface area contributed by atoms with Crippen molar-refractivity contribution in [1.29, 1.82) is 0 Å². The van der Waals surface area contributed by atoms with E-state index < -0.39 is 5.54 Å². The fourth-order valence-electron chi connectivity index (χ4n) is 1.66. The first-order chi connectivity index (χ1) is 7.34. The van der Waals surface area contributed by atoms with E-state index in [-0.39, 0.29) is 17.7 Å². The number of hydrogen-bond donors (Lipinski definition) is 1. The Balaban J connectivity index is 2.41. The first-order valence-electron chi connectivity index (χ1n) is 5.48. The molecular formula is C11H18N2O3. The Labute approximate surface area is 95.2 Å². The van der Waals surface area contributed by atoms with E-state index in [9.17, 15) is 14.4 Å². The Hall–Kier alpha value is -1.39. The number of urea groups is 1. The molecule has 1 heterocycles. The molecule has 0 aromatic rings. The van der Waals surface area contributed by atoms with E-state index in [1.165, 1.54) is 11.8 Å². The van der Waals surface area contributed by atoms with Gasteiger partial charge in [0.25, 0.3) is 5.91 Å². The highest BCUT2D eigenvalue weighted by Gasteiger charge is 2.43. The number of nitrogens with zero attached hydrogens (tertiary/aromatic N) is 1. The van der Waals surface area contributed by atoms with E-state index in [1.807, 2.05) is 0 Å². The van der Waals surface area contributed by atoms with E-state index >= 15 is 0 Å². The van der Waals surface area contributed by atoms with E-state index in [0.717, 1.165) is 0 Å². The maximum atomic E-state index is 11.7. The molecule has 1 fully saturated rings. The number of hydrogen-bond acceptors (Lipinski definition) is 3. The standard InChI is InChI=1S/C11H18N2O3/c1-8(14)6-4-5-7-13-9(15)11(2,3)12-10(13)16/h4-7H2,1-3H3,(H,12,16). The van der Waals surface area contributed by atoms with Crippen LogP contribution in [0.3, 0.4) is 0 Å². The number of imide groups is 1. The minimum Gasteiger partial charge on any atom is -0.324 e. The summed E-state index contributed by atoms with van der Waals surface area (Å²) in [6.07, 6.45) is 1.90. The Kier molecular flexibility index (Phi) is 3.67. The normalized spacial score (nSPS) is 18.8. The highest BCUT2D eigenvalue weighted by molar-refractivity contribution is 6.06. The van der Waals surface area contributed by atoms with Crippen molar-refractivity contribution in [3.8, 4) is 0 Å². The van der Waals surface area contributed by atoms with Gasteiger partial charge in [0, 0.05) is 13.0 Å². The minimum atomic E-state index is -0.794. The molecule has 1 rings (SSSR count). The molecule has 0 aliphatic carbocycles. The van der Waals surface area contributed by atoms with E-state index in [2.05, 4.69) is 5.32 Å². The van der Waals surface area contributed by atoms with Crippen LogP contribution in [0.4, 0.5) is 4.79 Å². The highest BCUT2D eigenvalue weighted by Crippen LogP contribution is 2.17. The number of nitrogens with one attached hydrogen (secondary N) is 1. The first kappa shape index (κ1) is 12.7. The number of rotatable bonds is 5. The lowest BCUT2D eigenvalue weighted by Gasteiger charge is -2.15. The molecule has 3 amide bonds. The third kappa shape index (κ3) is 2.81. The van der Waals surface area contributed by atoms with Gasteiger partial charge >= 0.3 is 6.03 Å². The fourth-order valence-corrected chi connectivity index (χ4v) is 1.66. The van der Waals surface area contributed by atoms with Gasteiger partial charge in [-0.2, -0.15) is 0 Å². The summed E-state index contributed by atoms with van der Waals surface area (Å²) in [6.45, 7) is 5.30. The lowest BCUT2D eigenvalue weighted by Crippen LogP contribution is -2.40. The Bertz CT molecular complexity index is 323. The van der Waals surface area contributed by atoms with Crippen molar-refractivity contribution in [1.82, 2.24) is 10.2 Å². The van der Waals surface area contributed by atoms with E-state index in [1.54, 1.807) is 13.8 Å². The molecule has 0 aromatic heterocycles. The van der Waals surface area contributed by atoms with Crippen LogP contribution in [0.1, 0.15) is 40.0 Å². The van der Waals surface area contributed by atoms with Gasteiger partial charge < -0.3 is 10.1 Å². The third-order valence-electron chi connectivity index (χ3n) is 2.60. The quantitative estimate of drug-likeness (QED) is 0.563. The Morgan fingerprint density at radius 2 is 1.94 bits per heavy atom. The summed E-state index contributed by atoms with van der Waals surface area (Å²) >= 11 is 0. The van der Waals surface area contributed by atoms with Gasteiger partial charge in [0.1, 0.15) is 11.3 Å². The predicted octanol–water partition coefficient (Wildman–Crippen LogP) is 1.08. The third-order valence-corrected chi connectivity index (χ3v) is 2.60. The molecule has 1 aliphatic heterocycles. The molecule has 1 aliphatic rings. The second kappa shape index (κ2) is 4.63. The minimum absolute atomic E-state index is 0.137. The summed E-state index contributed by atoms with van der Waals surface area (Å²) in [5.41, 5.74) is -0.794. The smallest absolute Gasteiger partial charge is 0.324 e. The van der Waals surface area contributed by atoms with Crippen molar-refractivity contribution in [3.05, 3.63) is 0 Å². The van der Waals surface area contributed by atoms with Crippen LogP contribution in [0.5, 0.6) is 0 Å². The highest BCUT2D eigenvalue weighted by atomic mass is 16.2. The maximum absolute atomic E-state index is 11.7. The topological polar surface area (TPSA) is 66.5 Å². The van der Waals surface area contributed by atoms with Crippen LogP contribution in [0, 0.1) is 0 Å². The average Bonchev–Trinajstić information content (AvgIpc) is 2.33. The molecule has 16 heavy (non-hydrogen) atoms. The van der Waals surface area contributed by atoms with Gasteiger partial charge in [0.2, 0.25) is 0 Å². The average molecular weight is 226 g/mol. The molecular weight excluding hydrogens is 208 g/mol. The summed E-state index contributed by atoms with van der Waals surface area (Å²) < 4.78 is 0. The van der Waals surface area contributed by atoms with Gasteiger partial charge in [-0.15, -0.1) is 0 Å². The van der Waals surface area contributed by atoms with Crippen molar-refractivity contribution in [2.75, 3.05) is 6.54 Å². The summed E-state index contributed by atoms with van der Waals surface area (Å²) in [5.74, 6) is -0.0575. The summed E-state index contributed by atoms with van der Waals surface area (Å²) in [4.78, 5) is 35.1. The maximum Gasteiger partial charge on any atom is 0.325 e. The number of carbonyl (C=O) groups is 3. The summed E-state index contributed by atoms with van der Waals surface area (Å²) in [6, 6.07) is -0.335. The van der Waals surface area contributed by atoms with Crippen molar-refractivity contribution >= 4 is 17.7 Å². The fraction of sp³-hybridized carbons (Fsp3) is 0.727. The zero-order valence-corrected chi connectivity index (χ0v) is 10.0. The largest absolute Gasteiger partial charge is 0.325 e. The van der Waals surface area contributed by atoms with Gasteiger partial charge in [-0.1, -0.05) is 0 Å².